The Kier molecular flexibility index (Phi) is 4.94. The first-order valence-corrected chi connectivity index (χ1v) is 5.72. The summed E-state index contributed by atoms with van der Waals surface area (Å²) in [6, 6.07) is 0.259. The molecule has 82 valence electrons. The molecule has 1 aliphatic carbocycles. The van der Waals surface area contributed by atoms with Gasteiger partial charge in [0.05, 0.1) is 19.1 Å². The second kappa shape index (κ2) is 6.02. The molecular weight excluding hydrogens is 178 g/mol. The highest BCUT2D eigenvalue weighted by molar-refractivity contribution is 5.69. The maximum absolute atomic E-state index is 11.2. The van der Waals surface area contributed by atoms with Gasteiger partial charge in [0.1, 0.15) is 0 Å². The quantitative estimate of drug-likeness (QED) is 0.692. The average Bonchev–Trinajstić information content (AvgIpc) is 2.19. The smallest absolute Gasteiger partial charge is 0.311 e. The Bertz CT molecular complexity index is 176. The van der Waals surface area contributed by atoms with Crippen LogP contribution in [0, 0.1) is 5.92 Å². The zero-order chi connectivity index (χ0) is 10.4. The van der Waals surface area contributed by atoms with Crippen molar-refractivity contribution in [1.29, 1.82) is 0 Å². The van der Waals surface area contributed by atoms with E-state index in [0.717, 1.165) is 0 Å². The van der Waals surface area contributed by atoms with Gasteiger partial charge in [0.25, 0.3) is 0 Å². The van der Waals surface area contributed by atoms with Crippen molar-refractivity contribution >= 4 is 5.97 Å². The van der Waals surface area contributed by atoms with Gasteiger partial charge < -0.3 is 10.5 Å². The summed E-state index contributed by atoms with van der Waals surface area (Å²) in [4.78, 5) is 11.2. The lowest BCUT2D eigenvalue weighted by Gasteiger charge is -2.24. The summed E-state index contributed by atoms with van der Waals surface area (Å²) < 4.78 is 4.92. The molecule has 0 radical (unpaired) electrons. The van der Waals surface area contributed by atoms with Gasteiger partial charge in [0.2, 0.25) is 0 Å². The fourth-order valence-electron chi connectivity index (χ4n) is 2.21. The predicted molar refractivity (Wildman–Crippen MR) is 54.5 cm³/mol. The molecule has 0 saturated heterocycles. The minimum absolute atomic E-state index is 0.0851. The lowest BCUT2D eigenvalue weighted by molar-refractivity contribution is -0.434. The first-order chi connectivity index (χ1) is 6.74. The summed E-state index contributed by atoms with van der Waals surface area (Å²) in [7, 11) is 0. The van der Waals surface area contributed by atoms with Crippen molar-refractivity contribution in [1.82, 2.24) is 0 Å². The van der Waals surface area contributed by atoms with Crippen molar-refractivity contribution in [3.8, 4) is 0 Å². The van der Waals surface area contributed by atoms with Gasteiger partial charge in [-0.05, 0) is 19.8 Å². The molecule has 0 spiro atoms. The molecule has 3 heteroatoms. The van der Waals surface area contributed by atoms with Crippen LogP contribution in [0.25, 0.3) is 0 Å². The molecule has 14 heavy (non-hydrogen) atoms. The van der Waals surface area contributed by atoms with Crippen molar-refractivity contribution in [2.75, 3.05) is 6.61 Å². The summed E-state index contributed by atoms with van der Waals surface area (Å²) >= 11 is 0. The topological polar surface area (TPSA) is 53.9 Å². The van der Waals surface area contributed by atoms with Gasteiger partial charge in [-0.25, -0.2) is 0 Å². The Morgan fingerprint density at radius 1 is 1.43 bits per heavy atom. The second-order valence-electron chi connectivity index (χ2n) is 4.17. The number of quaternary nitrogens is 1. The zero-order valence-corrected chi connectivity index (χ0v) is 9.13. The monoisotopic (exact) mass is 200 g/mol. The number of ether oxygens (including phenoxy) is 1. The molecule has 0 amide bonds. The molecule has 3 nitrogen and oxygen atoms in total. The summed E-state index contributed by atoms with van der Waals surface area (Å²) in [6.07, 6.45) is 6.95. The summed E-state index contributed by atoms with van der Waals surface area (Å²) in [6.45, 7) is 2.33. The molecule has 1 rings (SSSR count). The Hall–Kier alpha value is -0.570. The fraction of sp³-hybridized carbons (Fsp3) is 0.909. The third-order valence-corrected chi connectivity index (χ3v) is 3.05. The van der Waals surface area contributed by atoms with Crippen LogP contribution in [0.3, 0.4) is 0 Å². The van der Waals surface area contributed by atoms with Crippen LogP contribution in [0.15, 0.2) is 0 Å². The predicted octanol–water partition coefficient (Wildman–Crippen LogP) is 1.13. The lowest BCUT2D eigenvalue weighted by atomic mass is 9.83. The Morgan fingerprint density at radius 3 is 2.64 bits per heavy atom. The molecular formula is C11H22NO2+. The van der Waals surface area contributed by atoms with Crippen LogP contribution in [0.4, 0.5) is 0 Å². The van der Waals surface area contributed by atoms with Crippen LogP contribution in [0.2, 0.25) is 0 Å². The maximum Gasteiger partial charge on any atom is 0.311 e. The molecule has 0 aromatic rings. The van der Waals surface area contributed by atoms with E-state index >= 15 is 0 Å². The number of carbonyl (C=O) groups is 1. The zero-order valence-electron chi connectivity index (χ0n) is 9.13. The van der Waals surface area contributed by atoms with Crippen LogP contribution in [0.5, 0.6) is 0 Å². The Morgan fingerprint density at radius 2 is 2.07 bits per heavy atom. The molecule has 0 heterocycles. The summed E-state index contributed by atoms with van der Waals surface area (Å²) in [5.41, 5.74) is 4.08. The van der Waals surface area contributed by atoms with E-state index in [2.05, 4.69) is 5.73 Å². The molecule has 3 N–H and O–H groups in total. The van der Waals surface area contributed by atoms with Crippen molar-refractivity contribution < 1.29 is 15.3 Å². The first kappa shape index (κ1) is 11.5. The van der Waals surface area contributed by atoms with E-state index in [0.29, 0.717) is 18.9 Å². The SMILES string of the molecule is CCOC(=O)C[C@@H]([NH3+])C1CCCCC1. The molecule has 1 saturated carbocycles. The Labute approximate surface area is 86.0 Å². The molecule has 0 unspecified atom stereocenters. The van der Waals surface area contributed by atoms with Crippen LogP contribution in [0.1, 0.15) is 45.4 Å². The molecule has 0 bridgehead atoms. The van der Waals surface area contributed by atoms with Gasteiger partial charge >= 0.3 is 5.97 Å². The maximum atomic E-state index is 11.2. The highest BCUT2D eigenvalue weighted by Gasteiger charge is 2.25. The number of carbonyl (C=O) groups excluding carboxylic acids is 1. The normalized spacial score (nSPS) is 20.4. The molecule has 1 fully saturated rings. The largest absolute Gasteiger partial charge is 0.466 e. The molecule has 0 aromatic heterocycles. The van der Waals surface area contributed by atoms with E-state index in [-0.39, 0.29) is 12.0 Å². The van der Waals surface area contributed by atoms with Gasteiger partial charge in [-0.2, -0.15) is 0 Å². The minimum Gasteiger partial charge on any atom is -0.466 e. The molecule has 0 aromatic carbocycles. The molecule has 1 aliphatic rings. The Balaban J connectivity index is 2.25. The van der Waals surface area contributed by atoms with Gasteiger partial charge in [-0.3, -0.25) is 4.79 Å². The second-order valence-corrected chi connectivity index (χ2v) is 4.17. The number of hydrogen-bond acceptors (Lipinski definition) is 2. The van der Waals surface area contributed by atoms with Crippen molar-refractivity contribution in [2.24, 2.45) is 5.92 Å². The third kappa shape index (κ3) is 3.66. The number of esters is 1. The fourth-order valence-corrected chi connectivity index (χ4v) is 2.21. The molecule has 0 aliphatic heterocycles. The van der Waals surface area contributed by atoms with Crippen LogP contribution >= 0.6 is 0 Å². The third-order valence-electron chi connectivity index (χ3n) is 3.05. The standard InChI is InChI=1S/C11H21NO2/c1-2-14-11(13)8-10(12)9-6-4-3-5-7-9/h9-10H,2-8,12H2,1H3/p+1/t10-/m1/s1. The first-order valence-electron chi connectivity index (χ1n) is 5.72. The van der Waals surface area contributed by atoms with Crippen molar-refractivity contribution in [3.63, 3.8) is 0 Å². The number of hydrogen-bond donors (Lipinski definition) is 1. The van der Waals surface area contributed by atoms with E-state index in [9.17, 15) is 4.79 Å². The van der Waals surface area contributed by atoms with Gasteiger partial charge in [-0.15, -0.1) is 0 Å². The van der Waals surface area contributed by atoms with E-state index < -0.39 is 0 Å². The van der Waals surface area contributed by atoms with E-state index in [1.165, 1.54) is 32.1 Å². The van der Waals surface area contributed by atoms with Gasteiger partial charge in [-0.1, -0.05) is 19.3 Å². The average molecular weight is 200 g/mol. The van der Waals surface area contributed by atoms with Gasteiger partial charge in [0, 0.05) is 5.92 Å². The highest BCUT2D eigenvalue weighted by atomic mass is 16.5. The van der Waals surface area contributed by atoms with E-state index in [1.54, 1.807) is 0 Å². The summed E-state index contributed by atoms with van der Waals surface area (Å²) in [5.74, 6) is 0.561. The highest BCUT2D eigenvalue weighted by Crippen LogP contribution is 2.26. The minimum atomic E-state index is -0.0851. The van der Waals surface area contributed by atoms with Crippen LogP contribution in [-0.2, 0) is 9.53 Å². The van der Waals surface area contributed by atoms with Crippen LogP contribution < -0.4 is 5.73 Å². The lowest BCUT2D eigenvalue weighted by Crippen LogP contribution is -2.65. The number of rotatable bonds is 4. The van der Waals surface area contributed by atoms with Crippen LogP contribution in [-0.4, -0.2) is 18.6 Å². The van der Waals surface area contributed by atoms with Crippen molar-refractivity contribution in [2.45, 2.75) is 51.5 Å². The van der Waals surface area contributed by atoms with Gasteiger partial charge in [0.15, 0.2) is 0 Å². The van der Waals surface area contributed by atoms with Crippen molar-refractivity contribution in [3.05, 3.63) is 0 Å². The van der Waals surface area contributed by atoms with E-state index in [4.69, 9.17) is 4.74 Å². The summed E-state index contributed by atoms with van der Waals surface area (Å²) in [5, 5.41) is 0. The molecule has 1 atom stereocenters. The van der Waals surface area contributed by atoms with E-state index in [1.807, 2.05) is 6.92 Å².